The molecule has 0 aliphatic carbocycles. The number of aryl methyl sites for hydroxylation is 1. The van der Waals surface area contributed by atoms with Crippen LogP contribution in [0.1, 0.15) is 11.3 Å². The quantitative estimate of drug-likeness (QED) is 0.783. The number of rotatable bonds is 3. The first-order valence-electron chi connectivity index (χ1n) is 5.26. The second-order valence-corrected chi connectivity index (χ2v) is 4.96. The van der Waals surface area contributed by atoms with Gasteiger partial charge in [-0.05, 0) is 18.2 Å². The first kappa shape index (κ1) is 14.3. The van der Waals surface area contributed by atoms with Gasteiger partial charge in [-0.25, -0.2) is 4.68 Å². The molecule has 0 radical (unpaired) electrons. The minimum absolute atomic E-state index is 0.269. The van der Waals surface area contributed by atoms with Crippen molar-refractivity contribution in [3.8, 4) is 5.69 Å². The lowest BCUT2D eigenvalue weighted by Gasteiger charge is -2.10. The largest absolute Gasteiger partial charge is 0.417 e. The van der Waals surface area contributed by atoms with Crippen molar-refractivity contribution < 1.29 is 13.2 Å². The van der Waals surface area contributed by atoms with Crippen molar-refractivity contribution in [1.29, 1.82) is 0 Å². The van der Waals surface area contributed by atoms with Crippen LogP contribution >= 0.6 is 27.5 Å². The lowest BCUT2D eigenvalue weighted by atomic mass is 10.2. The van der Waals surface area contributed by atoms with Crippen LogP contribution in [0, 0.1) is 0 Å². The fraction of sp³-hybridized carbons (Fsp3) is 0.273. The van der Waals surface area contributed by atoms with Crippen LogP contribution in [0.5, 0.6) is 0 Å². The van der Waals surface area contributed by atoms with Crippen molar-refractivity contribution in [2.24, 2.45) is 0 Å². The minimum Gasteiger partial charge on any atom is -0.220 e. The number of hydrogen-bond donors (Lipinski definition) is 0. The van der Waals surface area contributed by atoms with Crippen LogP contribution in [0.2, 0.25) is 5.02 Å². The maximum atomic E-state index is 12.7. The Balaban J connectivity index is 2.39. The zero-order valence-corrected chi connectivity index (χ0v) is 11.8. The fourth-order valence-corrected chi connectivity index (χ4v) is 2.14. The van der Waals surface area contributed by atoms with Crippen molar-refractivity contribution in [3.05, 3.63) is 40.7 Å². The third-order valence-electron chi connectivity index (χ3n) is 2.41. The molecule has 0 saturated heterocycles. The number of benzene rings is 1. The van der Waals surface area contributed by atoms with E-state index in [0.717, 1.165) is 6.07 Å². The molecule has 0 fully saturated rings. The minimum atomic E-state index is -4.49. The summed E-state index contributed by atoms with van der Waals surface area (Å²) in [6.07, 6.45) is -2.25. The Hall–Kier alpha value is -1.08. The molecule has 2 aromatic rings. The van der Waals surface area contributed by atoms with Gasteiger partial charge in [0.1, 0.15) is 0 Å². The van der Waals surface area contributed by atoms with Gasteiger partial charge in [0.25, 0.3) is 0 Å². The molecule has 8 heteroatoms. The highest BCUT2D eigenvalue weighted by Crippen LogP contribution is 2.35. The van der Waals surface area contributed by atoms with E-state index in [4.69, 9.17) is 11.6 Å². The summed E-state index contributed by atoms with van der Waals surface area (Å²) in [5.41, 5.74) is 0.0784. The Bertz CT molecular complexity index is 583. The van der Waals surface area contributed by atoms with Gasteiger partial charge >= 0.3 is 6.18 Å². The molecule has 0 spiro atoms. The molecule has 2 rings (SSSR count). The molecule has 3 nitrogen and oxygen atoms in total. The average Bonchev–Trinajstić information content (AvgIpc) is 2.77. The zero-order valence-electron chi connectivity index (χ0n) is 9.46. The third kappa shape index (κ3) is 3.27. The van der Waals surface area contributed by atoms with Crippen LogP contribution in [0.3, 0.4) is 0 Å². The Morgan fingerprint density at radius 2 is 2.05 bits per heavy atom. The summed E-state index contributed by atoms with van der Waals surface area (Å²) >= 11 is 8.81. The van der Waals surface area contributed by atoms with E-state index in [0.29, 0.717) is 17.4 Å². The summed E-state index contributed by atoms with van der Waals surface area (Å²) in [7, 11) is 0. The van der Waals surface area contributed by atoms with E-state index >= 15 is 0 Å². The van der Waals surface area contributed by atoms with Crippen LogP contribution in [-0.2, 0) is 12.6 Å². The van der Waals surface area contributed by atoms with Gasteiger partial charge in [-0.1, -0.05) is 32.7 Å². The van der Waals surface area contributed by atoms with Crippen molar-refractivity contribution in [2.45, 2.75) is 12.6 Å². The van der Waals surface area contributed by atoms with Crippen molar-refractivity contribution in [3.63, 3.8) is 0 Å². The van der Waals surface area contributed by atoms with Gasteiger partial charge in [-0.3, -0.25) is 0 Å². The molecule has 102 valence electrons. The Kier molecular flexibility index (Phi) is 4.15. The Morgan fingerprint density at radius 1 is 1.32 bits per heavy atom. The van der Waals surface area contributed by atoms with Crippen molar-refractivity contribution >= 4 is 27.5 Å². The third-order valence-corrected chi connectivity index (χ3v) is 3.14. The summed E-state index contributed by atoms with van der Waals surface area (Å²) in [4.78, 5) is 0. The summed E-state index contributed by atoms with van der Waals surface area (Å²) in [5, 5.41) is 8.03. The topological polar surface area (TPSA) is 30.7 Å². The molecule has 1 heterocycles. The number of halogens is 5. The van der Waals surface area contributed by atoms with Gasteiger partial charge in [-0.2, -0.15) is 13.2 Å². The molecular weight excluding hydrogens is 346 g/mol. The number of alkyl halides is 4. The first-order valence-corrected chi connectivity index (χ1v) is 6.76. The predicted molar refractivity (Wildman–Crippen MR) is 68.9 cm³/mol. The van der Waals surface area contributed by atoms with Crippen LogP contribution in [0.25, 0.3) is 5.69 Å². The normalized spacial score (nSPS) is 11.8. The second kappa shape index (κ2) is 5.50. The zero-order chi connectivity index (χ0) is 14.0. The van der Waals surface area contributed by atoms with Gasteiger partial charge in [0.2, 0.25) is 0 Å². The van der Waals surface area contributed by atoms with Crippen molar-refractivity contribution in [1.82, 2.24) is 15.0 Å². The molecule has 0 N–H and O–H groups in total. The molecule has 1 aromatic heterocycles. The molecule has 0 atom stereocenters. The molecule has 0 unspecified atom stereocenters. The molecule has 0 aliphatic heterocycles. The van der Waals surface area contributed by atoms with E-state index in [1.54, 1.807) is 6.20 Å². The standard InChI is InChI=1S/C11H8BrClF3N3/c12-4-3-7-6-19(18-17-7)8-1-2-10(13)9(5-8)11(14,15)16/h1-2,5-6H,3-4H2. The van der Waals surface area contributed by atoms with E-state index in [9.17, 15) is 13.2 Å². The van der Waals surface area contributed by atoms with E-state index in [1.165, 1.54) is 16.8 Å². The molecular formula is C11H8BrClF3N3. The van der Waals surface area contributed by atoms with E-state index in [2.05, 4.69) is 26.2 Å². The predicted octanol–water partition coefficient (Wildman–Crippen LogP) is 3.88. The van der Waals surface area contributed by atoms with Crippen LogP contribution < -0.4 is 0 Å². The highest BCUT2D eigenvalue weighted by molar-refractivity contribution is 9.09. The monoisotopic (exact) mass is 353 g/mol. The number of nitrogens with zero attached hydrogens (tertiary/aromatic N) is 3. The molecule has 0 bridgehead atoms. The summed E-state index contributed by atoms with van der Waals surface area (Å²) in [6, 6.07) is 3.62. The van der Waals surface area contributed by atoms with Gasteiger partial charge < -0.3 is 0 Å². The van der Waals surface area contributed by atoms with Crippen LogP contribution in [-0.4, -0.2) is 20.3 Å². The SMILES string of the molecule is FC(F)(F)c1cc(-n2cc(CCBr)nn2)ccc1Cl. The smallest absolute Gasteiger partial charge is 0.220 e. The molecule has 0 aliphatic rings. The highest BCUT2D eigenvalue weighted by atomic mass is 79.9. The number of aromatic nitrogens is 3. The molecule has 19 heavy (non-hydrogen) atoms. The summed E-state index contributed by atoms with van der Waals surface area (Å²) in [6.45, 7) is 0. The number of hydrogen-bond acceptors (Lipinski definition) is 2. The van der Waals surface area contributed by atoms with E-state index < -0.39 is 11.7 Å². The lowest BCUT2D eigenvalue weighted by Crippen LogP contribution is -2.07. The second-order valence-electron chi connectivity index (χ2n) is 3.76. The van der Waals surface area contributed by atoms with Gasteiger partial charge in [-0.15, -0.1) is 5.10 Å². The summed E-state index contributed by atoms with van der Waals surface area (Å²) < 4.78 is 39.5. The van der Waals surface area contributed by atoms with E-state index in [-0.39, 0.29) is 10.7 Å². The van der Waals surface area contributed by atoms with Crippen LogP contribution in [0.4, 0.5) is 13.2 Å². The van der Waals surface area contributed by atoms with Crippen molar-refractivity contribution in [2.75, 3.05) is 5.33 Å². The molecule has 0 saturated carbocycles. The van der Waals surface area contributed by atoms with Gasteiger partial charge in [0.05, 0.1) is 28.2 Å². The van der Waals surface area contributed by atoms with E-state index in [1.807, 2.05) is 0 Å². The average molecular weight is 355 g/mol. The lowest BCUT2D eigenvalue weighted by molar-refractivity contribution is -0.137. The maximum Gasteiger partial charge on any atom is 0.417 e. The summed E-state index contributed by atoms with van der Waals surface area (Å²) in [5.74, 6) is 0. The van der Waals surface area contributed by atoms with Crippen LogP contribution in [0.15, 0.2) is 24.4 Å². The Labute approximate surface area is 120 Å². The molecule has 0 amide bonds. The first-order chi connectivity index (χ1) is 8.91. The van der Waals surface area contributed by atoms with Gasteiger partial charge in [0, 0.05) is 11.8 Å². The Morgan fingerprint density at radius 3 is 2.68 bits per heavy atom. The highest BCUT2D eigenvalue weighted by Gasteiger charge is 2.33. The maximum absolute atomic E-state index is 12.7. The fourth-order valence-electron chi connectivity index (χ4n) is 1.51. The van der Waals surface area contributed by atoms with Gasteiger partial charge in [0.15, 0.2) is 0 Å². The molecule has 1 aromatic carbocycles.